The number of hydrogen-bond donors (Lipinski definition) is 4. The molecule has 2 fully saturated rings. The summed E-state index contributed by atoms with van der Waals surface area (Å²) in [4.78, 5) is 46.6. The Hall–Kier alpha value is -2.91. The molecule has 138 valence electrons. The van der Waals surface area contributed by atoms with E-state index in [0.717, 1.165) is 19.5 Å². The van der Waals surface area contributed by atoms with Gasteiger partial charge in [-0.1, -0.05) is 0 Å². The second-order valence-electron chi connectivity index (χ2n) is 7.08. The molecule has 10 heteroatoms. The summed E-state index contributed by atoms with van der Waals surface area (Å²) in [5.41, 5.74) is 0.117. The van der Waals surface area contributed by atoms with Crippen molar-refractivity contribution in [1.82, 2.24) is 30.5 Å². The number of hydrogen-bond acceptors (Lipinski definition) is 6. The highest BCUT2D eigenvalue weighted by Crippen LogP contribution is 2.41. The van der Waals surface area contributed by atoms with E-state index in [1.54, 1.807) is 13.1 Å². The Labute approximate surface area is 148 Å². The summed E-state index contributed by atoms with van der Waals surface area (Å²) in [5, 5.41) is 9.15. The van der Waals surface area contributed by atoms with Crippen molar-refractivity contribution in [1.29, 1.82) is 0 Å². The normalized spacial score (nSPS) is 24.2. The van der Waals surface area contributed by atoms with Crippen LogP contribution in [0.15, 0.2) is 15.8 Å². The average molecular weight is 359 g/mol. The van der Waals surface area contributed by atoms with E-state index in [2.05, 4.69) is 35.4 Å². The van der Waals surface area contributed by atoms with Gasteiger partial charge >= 0.3 is 5.69 Å². The van der Waals surface area contributed by atoms with E-state index in [1.807, 2.05) is 0 Å². The first-order chi connectivity index (χ1) is 12.5. The molecule has 2 aliphatic rings. The molecule has 0 spiro atoms. The highest BCUT2D eigenvalue weighted by molar-refractivity contribution is 5.76. The van der Waals surface area contributed by atoms with Crippen LogP contribution >= 0.6 is 0 Å². The highest BCUT2D eigenvalue weighted by atomic mass is 16.2. The van der Waals surface area contributed by atoms with Crippen molar-refractivity contribution in [3.63, 3.8) is 0 Å². The van der Waals surface area contributed by atoms with Crippen molar-refractivity contribution in [2.45, 2.75) is 32.2 Å². The molecule has 2 aromatic rings. The van der Waals surface area contributed by atoms with E-state index in [4.69, 9.17) is 0 Å². The third-order valence-electron chi connectivity index (χ3n) is 5.31. The number of anilines is 1. The Balaban J connectivity index is 1.30. The Kier molecular flexibility index (Phi) is 4.09. The topological polar surface area (TPSA) is 140 Å². The van der Waals surface area contributed by atoms with Crippen molar-refractivity contribution in [2.75, 3.05) is 18.0 Å². The van der Waals surface area contributed by atoms with E-state index in [0.29, 0.717) is 35.6 Å². The lowest BCUT2D eigenvalue weighted by atomic mass is 9.71. The molecule has 10 nitrogen and oxygen atoms in total. The first-order valence-electron chi connectivity index (χ1n) is 8.73. The largest absolute Gasteiger partial charge is 0.353 e. The van der Waals surface area contributed by atoms with Gasteiger partial charge in [0.25, 0.3) is 5.56 Å². The number of nitrogens with zero attached hydrogens (tertiary/aromatic N) is 3. The SMILES string of the molecule is Cc1cnc(N2CC3CC(NC(=O)CCc4n[nH]c(=O)[nH]4)C3C2)[nH]c1=O. The number of fused-ring (bicyclic) bond motifs is 1. The van der Waals surface area contributed by atoms with Crippen molar-refractivity contribution in [3.05, 3.63) is 38.4 Å². The second-order valence-corrected chi connectivity index (χ2v) is 7.08. The quantitative estimate of drug-likeness (QED) is 0.543. The number of carbonyl (C=O) groups is 1. The predicted molar refractivity (Wildman–Crippen MR) is 92.9 cm³/mol. The molecule has 26 heavy (non-hydrogen) atoms. The molecule has 0 bridgehead atoms. The van der Waals surface area contributed by atoms with Crippen molar-refractivity contribution >= 4 is 11.9 Å². The van der Waals surface area contributed by atoms with Crippen LogP contribution in [0.4, 0.5) is 5.95 Å². The first-order valence-corrected chi connectivity index (χ1v) is 8.73. The number of H-pyrrole nitrogens is 3. The monoisotopic (exact) mass is 359 g/mol. The van der Waals surface area contributed by atoms with E-state index in [-0.39, 0.29) is 29.6 Å². The minimum absolute atomic E-state index is 0.0439. The van der Waals surface area contributed by atoms with Crippen LogP contribution in [0.1, 0.15) is 24.2 Å². The predicted octanol–water partition coefficient (Wildman–Crippen LogP) is -0.937. The van der Waals surface area contributed by atoms with Gasteiger partial charge in [0.1, 0.15) is 5.82 Å². The average Bonchev–Trinajstić information content (AvgIpc) is 3.17. The zero-order valence-electron chi connectivity index (χ0n) is 14.4. The minimum Gasteiger partial charge on any atom is -0.353 e. The fourth-order valence-electron chi connectivity index (χ4n) is 3.79. The Morgan fingerprint density at radius 1 is 1.35 bits per heavy atom. The van der Waals surface area contributed by atoms with Gasteiger partial charge < -0.3 is 10.2 Å². The number of nitrogens with one attached hydrogen (secondary N) is 4. The standard InChI is InChI=1S/C16H21N7O3/c1-8-5-17-15(20-14(8)25)23-6-9-4-11(10(9)7-23)18-13(24)3-2-12-19-16(26)22-21-12/h5,9-11H,2-4,6-7H2,1H3,(H,18,24)(H,17,20,25)(H2,19,21,22,26). The zero-order chi connectivity index (χ0) is 18.3. The fraction of sp³-hybridized carbons (Fsp3) is 0.562. The molecule has 3 atom stereocenters. The van der Waals surface area contributed by atoms with Crippen molar-refractivity contribution in [2.24, 2.45) is 11.8 Å². The summed E-state index contributed by atoms with van der Waals surface area (Å²) < 4.78 is 0. The molecular formula is C16H21N7O3. The Morgan fingerprint density at radius 2 is 2.19 bits per heavy atom. The van der Waals surface area contributed by atoms with Crippen LogP contribution in [-0.2, 0) is 11.2 Å². The summed E-state index contributed by atoms with van der Waals surface area (Å²) in [7, 11) is 0. The molecule has 1 aliphatic heterocycles. The molecule has 1 saturated heterocycles. The number of aromatic amines is 3. The highest BCUT2D eigenvalue weighted by Gasteiger charge is 2.48. The number of carbonyl (C=O) groups excluding carboxylic acids is 1. The van der Waals surface area contributed by atoms with Gasteiger partial charge in [-0.15, -0.1) is 0 Å². The molecule has 3 unspecified atom stereocenters. The number of aromatic nitrogens is 5. The van der Waals surface area contributed by atoms with Crippen LogP contribution in [0.3, 0.4) is 0 Å². The maximum Gasteiger partial charge on any atom is 0.340 e. The molecule has 1 amide bonds. The third-order valence-corrected chi connectivity index (χ3v) is 5.31. The summed E-state index contributed by atoms with van der Waals surface area (Å²) in [5.74, 6) is 1.92. The Bertz CT molecular complexity index is 930. The molecule has 1 aliphatic carbocycles. The maximum absolute atomic E-state index is 12.1. The molecule has 4 rings (SSSR count). The van der Waals surface area contributed by atoms with Crippen LogP contribution in [0.25, 0.3) is 0 Å². The van der Waals surface area contributed by atoms with Crippen molar-refractivity contribution in [3.8, 4) is 0 Å². The van der Waals surface area contributed by atoms with E-state index in [1.165, 1.54) is 0 Å². The fourth-order valence-corrected chi connectivity index (χ4v) is 3.79. The van der Waals surface area contributed by atoms with Gasteiger partial charge in [-0.2, -0.15) is 5.10 Å². The molecule has 0 aromatic carbocycles. The molecule has 1 saturated carbocycles. The summed E-state index contributed by atoms with van der Waals surface area (Å²) >= 11 is 0. The van der Waals surface area contributed by atoms with E-state index >= 15 is 0 Å². The van der Waals surface area contributed by atoms with Crippen LogP contribution in [0, 0.1) is 18.8 Å². The van der Waals surface area contributed by atoms with Crippen LogP contribution in [-0.4, -0.2) is 50.2 Å². The van der Waals surface area contributed by atoms with E-state index < -0.39 is 0 Å². The lowest BCUT2D eigenvalue weighted by Gasteiger charge is -2.39. The number of rotatable bonds is 5. The van der Waals surface area contributed by atoms with Crippen LogP contribution in [0.5, 0.6) is 0 Å². The van der Waals surface area contributed by atoms with Gasteiger partial charge in [0, 0.05) is 49.7 Å². The summed E-state index contributed by atoms with van der Waals surface area (Å²) in [6.07, 6.45) is 3.20. The third kappa shape index (κ3) is 3.14. The van der Waals surface area contributed by atoms with Gasteiger partial charge in [-0.3, -0.25) is 19.6 Å². The molecular weight excluding hydrogens is 338 g/mol. The molecule has 3 heterocycles. The molecule has 4 N–H and O–H groups in total. The van der Waals surface area contributed by atoms with Crippen LogP contribution < -0.4 is 21.5 Å². The van der Waals surface area contributed by atoms with Gasteiger partial charge in [-0.25, -0.2) is 14.9 Å². The number of amides is 1. The maximum atomic E-state index is 12.1. The zero-order valence-corrected chi connectivity index (χ0v) is 14.4. The van der Waals surface area contributed by atoms with Gasteiger partial charge in [-0.05, 0) is 19.3 Å². The minimum atomic E-state index is -0.365. The summed E-state index contributed by atoms with van der Waals surface area (Å²) in [6, 6.07) is 0.146. The summed E-state index contributed by atoms with van der Waals surface area (Å²) in [6.45, 7) is 3.35. The first kappa shape index (κ1) is 16.6. The lowest BCUT2D eigenvalue weighted by molar-refractivity contribution is -0.123. The Morgan fingerprint density at radius 3 is 2.92 bits per heavy atom. The number of aryl methyl sites for hydroxylation is 2. The van der Waals surface area contributed by atoms with Crippen LogP contribution in [0.2, 0.25) is 0 Å². The van der Waals surface area contributed by atoms with E-state index in [9.17, 15) is 14.4 Å². The van der Waals surface area contributed by atoms with Gasteiger partial charge in [0.05, 0.1) is 0 Å². The lowest BCUT2D eigenvalue weighted by Crippen LogP contribution is -2.52. The molecule has 2 aromatic heterocycles. The van der Waals surface area contributed by atoms with Gasteiger partial charge in [0.2, 0.25) is 11.9 Å². The smallest absolute Gasteiger partial charge is 0.340 e. The second kappa shape index (κ2) is 6.43. The van der Waals surface area contributed by atoms with Crippen molar-refractivity contribution < 1.29 is 4.79 Å². The van der Waals surface area contributed by atoms with Gasteiger partial charge in [0.15, 0.2) is 0 Å². The molecule has 0 radical (unpaired) electrons.